The first-order chi connectivity index (χ1) is 6.75. The van der Waals surface area contributed by atoms with Crippen molar-refractivity contribution in [3.05, 3.63) is 0 Å². The third kappa shape index (κ3) is 2.16. The molecule has 2 aliphatic heterocycles. The highest BCUT2D eigenvalue weighted by atomic mass is 16.5. The number of nitrogens with two attached hydrogens (primary N) is 1. The van der Waals surface area contributed by atoms with Gasteiger partial charge in [-0.15, -0.1) is 0 Å². The summed E-state index contributed by atoms with van der Waals surface area (Å²) in [5.41, 5.74) is 5.20. The van der Waals surface area contributed by atoms with Gasteiger partial charge in [-0.3, -0.25) is 0 Å². The maximum atomic E-state index is 10.9. The SMILES string of the molecule is NC(=O)N1CCC(NC2CCOC2)C1. The standard InChI is InChI=1S/C9H17N3O2/c10-9(13)12-3-1-7(5-12)11-8-2-4-14-6-8/h7-8,11H,1-6H2,(H2,10,13). The van der Waals surface area contributed by atoms with Crippen molar-refractivity contribution in [2.75, 3.05) is 26.3 Å². The minimum atomic E-state index is -0.308. The molecule has 2 amide bonds. The number of urea groups is 1. The van der Waals surface area contributed by atoms with Crippen LogP contribution in [0.3, 0.4) is 0 Å². The number of nitrogens with one attached hydrogen (secondary N) is 1. The van der Waals surface area contributed by atoms with Crippen LogP contribution >= 0.6 is 0 Å². The van der Waals surface area contributed by atoms with Gasteiger partial charge >= 0.3 is 6.03 Å². The molecule has 2 unspecified atom stereocenters. The number of hydrogen-bond acceptors (Lipinski definition) is 3. The van der Waals surface area contributed by atoms with Gasteiger partial charge in [0.15, 0.2) is 0 Å². The third-order valence-electron chi connectivity index (χ3n) is 2.90. The van der Waals surface area contributed by atoms with Gasteiger partial charge in [0.25, 0.3) is 0 Å². The molecule has 3 N–H and O–H groups in total. The van der Waals surface area contributed by atoms with Gasteiger partial charge in [-0.1, -0.05) is 0 Å². The van der Waals surface area contributed by atoms with Gasteiger partial charge in [0, 0.05) is 31.8 Å². The maximum absolute atomic E-state index is 10.9. The lowest BCUT2D eigenvalue weighted by Gasteiger charge is -2.17. The smallest absolute Gasteiger partial charge is 0.314 e. The molecule has 0 bridgehead atoms. The van der Waals surface area contributed by atoms with Gasteiger partial charge in [0.2, 0.25) is 0 Å². The van der Waals surface area contributed by atoms with Crippen LogP contribution in [0.4, 0.5) is 4.79 Å². The van der Waals surface area contributed by atoms with Crippen molar-refractivity contribution in [2.45, 2.75) is 24.9 Å². The summed E-state index contributed by atoms with van der Waals surface area (Å²) in [7, 11) is 0. The van der Waals surface area contributed by atoms with Gasteiger partial charge in [-0.25, -0.2) is 4.79 Å². The van der Waals surface area contributed by atoms with Gasteiger partial charge < -0.3 is 20.7 Å². The Bertz CT molecular complexity index is 216. The number of rotatable bonds is 2. The van der Waals surface area contributed by atoms with Crippen molar-refractivity contribution in [1.29, 1.82) is 0 Å². The molecular weight excluding hydrogens is 182 g/mol. The summed E-state index contributed by atoms with van der Waals surface area (Å²) in [4.78, 5) is 12.6. The van der Waals surface area contributed by atoms with E-state index < -0.39 is 0 Å². The van der Waals surface area contributed by atoms with E-state index in [0.29, 0.717) is 12.1 Å². The zero-order valence-electron chi connectivity index (χ0n) is 8.24. The van der Waals surface area contributed by atoms with E-state index >= 15 is 0 Å². The van der Waals surface area contributed by atoms with E-state index in [0.717, 1.165) is 39.1 Å². The van der Waals surface area contributed by atoms with Crippen LogP contribution in [-0.2, 0) is 4.74 Å². The number of ether oxygens (including phenoxy) is 1. The van der Waals surface area contributed by atoms with E-state index in [-0.39, 0.29) is 6.03 Å². The quantitative estimate of drug-likeness (QED) is 0.631. The minimum Gasteiger partial charge on any atom is -0.380 e. The minimum absolute atomic E-state index is 0.308. The molecule has 0 radical (unpaired) electrons. The average Bonchev–Trinajstić information content (AvgIpc) is 2.75. The number of hydrogen-bond donors (Lipinski definition) is 2. The third-order valence-corrected chi connectivity index (χ3v) is 2.90. The fraction of sp³-hybridized carbons (Fsp3) is 0.889. The first-order valence-corrected chi connectivity index (χ1v) is 5.14. The van der Waals surface area contributed by atoms with Crippen molar-refractivity contribution in [2.24, 2.45) is 5.73 Å². The van der Waals surface area contributed by atoms with Crippen LogP contribution in [0.1, 0.15) is 12.8 Å². The molecule has 80 valence electrons. The zero-order valence-corrected chi connectivity index (χ0v) is 8.24. The molecule has 2 saturated heterocycles. The molecule has 14 heavy (non-hydrogen) atoms. The molecule has 2 aliphatic rings. The normalized spacial score (nSPS) is 32.4. The number of carbonyl (C=O) groups excluding carboxylic acids is 1. The number of likely N-dealkylation sites (tertiary alicyclic amines) is 1. The van der Waals surface area contributed by atoms with Crippen molar-refractivity contribution < 1.29 is 9.53 Å². The van der Waals surface area contributed by atoms with Gasteiger partial charge in [0.05, 0.1) is 6.61 Å². The highest BCUT2D eigenvalue weighted by Gasteiger charge is 2.27. The van der Waals surface area contributed by atoms with Crippen molar-refractivity contribution in [3.8, 4) is 0 Å². The van der Waals surface area contributed by atoms with Crippen LogP contribution in [0.2, 0.25) is 0 Å². The maximum Gasteiger partial charge on any atom is 0.314 e. The molecule has 0 spiro atoms. The summed E-state index contributed by atoms with van der Waals surface area (Å²) in [6, 6.07) is 0.555. The monoisotopic (exact) mass is 199 g/mol. The zero-order chi connectivity index (χ0) is 9.97. The number of nitrogens with zero attached hydrogens (tertiary/aromatic N) is 1. The highest BCUT2D eigenvalue weighted by molar-refractivity contribution is 5.72. The molecule has 2 fully saturated rings. The molecule has 5 nitrogen and oxygen atoms in total. The molecular formula is C9H17N3O2. The first kappa shape index (κ1) is 9.73. The molecule has 0 aromatic carbocycles. The van der Waals surface area contributed by atoms with Crippen LogP contribution in [0.25, 0.3) is 0 Å². The Labute approximate surface area is 83.6 Å². The summed E-state index contributed by atoms with van der Waals surface area (Å²) in [6.07, 6.45) is 2.08. The predicted octanol–water partition coefficient (Wildman–Crippen LogP) is -0.482. The molecule has 5 heteroatoms. The van der Waals surface area contributed by atoms with E-state index in [1.54, 1.807) is 4.90 Å². The summed E-state index contributed by atoms with van der Waals surface area (Å²) >= 11 is 0. The van der Waals surface area contributed by atoms with Gasteiger partial charge in [0.1, 0.15) is 0 Å². The molecule has 0 saturated carbocycles. The molecule has 2 rings (SSSR count). The average molecular weight is 199 g/mol. The van der Waals surface area contributed by atoms with Gasteiger partial charge in [-0.05, 0) is 12.8 Å². The lowest BCUT2D eigenvalue weighted by atomic mass is 10.2. The lowest BCUT2D eigenvalue weighted by Crippen LogP contribution is -2.42. The van der Waals surface area contributed by atoms with E-state index in [9.17, 15) is 4.79 Å². The topological polar surface area (TPSA) is 67.6 Å². The fourth-order valence-electron chi connectivity index (χ4n) is 2.10. The van der Waals surface area contributed by atoms with Crippen LogP contribution in [0, 0.1) is 0 Å². The van der Waals surface area contributed by atoms with E-state index in [1.807, 2.05) is 0 Å². The molecule has 2 heterocycles. The molecule has 0 aliphatic carbocycles. The summed E-state index contributed by atoms with van der Waals surface area (Å²) < 4.78 is 5.27. The molecule has 0 aromatic rings. The molecule has 2 atom stereocenters. The second-order valence-corrected chi connectivity index (χ2v) is 4.00. The lowest BCUT2D eigenvalue weighted by molar-refractivity contribution is 0.187. The summed E-state index contributed by atoms with van der Waals surface area (Å²) in [6.45, 7) is 3.17. The first-order valence-electron chi connectivity index (χ1n) is 5.14. The van der Waals surface area contributed by atoms with Crippen molar-refractivity contribution in [1.82, 2.24) is 10.2 Å². The fourth-order valence-corrected chi connectivity index (χ4v) is 2.10. The second-order valence-electron chi connectivity index (χ2n) is 4.00. The van der Waals surface area contributed by atoms with Gasteiger partial charge in [-0.2, -0.15) is 0 Å². The Kier molecular flexibility index (Phi) is 2.88. The Morgan fingerprint density at radius 2 is 2.29 bits per heavy atom. The number of carbonyl (C=O) groups is 1. The molecule has 0 aromatic heterocycles. The van der Waals surface area contributed by atoms with Crippen LogP contribution in [0.15, 0.2) is 0 Å². The Morgan fingerprint density at radius 1 is 1.43 bits per heavy atom. The summed E-state index contributed by atoms with van der Waals surface area (Å²) in [5, 5.41) is 3.49. The van der Waals surface area contributed by atoms with Crippen LogP contribution in [0.5, 0.6) is 0 Å². The van der Waals surface area contributed by atoms with Crippen LogP contribution < -0.4 is 11.1 Å². The van der Waals surface area contributed by atoms with E-state index in [2.05, 4.69) is 5.32 Å². The van der Waals surface area contributed by atoms with E-state index in [1.165, 1.54) is 0 Å². The van der Waals surface area contributed by atoms with Crippen molar-refractivity contribution in [3.63, 3.8) is 0 Å². The number of primary amides is 1. The Hall–Kier alpha value is -0.810. The predicted molar refractivity (Wildman–Crippen MR) is 51.9 cm³/mol. The van der Waals surface area contributed by atoms with E-state index in [4.69, 9.17) is 10.5 Å². The second kappa shape index (κ2) is 4.14. The Morgan fingerprint density at radius 3 is 2.86 bits per heavy atom. The van der Waals surface area contributed by atoms with Crippen LogP contribution in [-0.4, -0.2) is 49.3 Å². The number of amides is 2. The summed E-state index contributed by atoms with van der Waals surface area (Å²) in [5.74, 6) is 0. The largest absolute Gasteiger partial charge is 0.380 e. The Balaban J connectivity index is 1.75. The van der Waals surface area contributed by atoms with Crippen molar-refractivity contribution >= 4 is 6.03 Å². The highest BCUT2D eigenvalue weighted by Crippen LogP contribution is 2.12.